The molecule has 0 amide bonds. The van der Waals surface area contributed by atoms with E-state index in [1.807, 2.05) is 24.3 Å². The maximum Gasteiger partial charge on any atom is 0.528 e. The molecule has 1 aliphatic rings. The normalized spacial score (nSPS) is 15.5. The average Bonchev–Trinajstić information content (AvgIpc) is 3.21. The van der Waals surface area contributed by atoms with Crippen molar-refractivity contribution in [1.82, 2.24) is 10.2 Å². The number of hydroxylamine groups is 2. The van der Waals surface area contributed by atoms with Gasteiger partial charge >= 0.3 is 12.1 Å². The third-order valence-electron chi connectivity index (χ3n) is 5.06. The van der Waals surface area contributed by atoms with Gasteiger partial charge in [-0.2, -0.15) is 0 Å². The molecule has 0 bridgehead atoms. The minimum atomic E-state index is -1.11. The van der Waals surface area contributed by atoms with Crippen molar-refractivity contribution in [3.8, 4) is 5.75 Å². The minimum absolute atomic E-state index is 0.126. The Bertz CT molecular complexity index is 1160. The monoisotopic (exact) mass is 472 g/mol. The van der Waals surface area contributed by atoms with E-state index in [4.69, 9.17) is 35.5 Å². The van der Waals surface area contributed by atoms with Crippen LogP contribution >= 0.6 is 11.6 Å². The van der Waals surface area contributed by atoms with Crippen LogP contribution in [0.25, 0.3) is 0 Å². The van der Waals surface area contributed by atoms with Crippen LogP contribution in [0.5, 0.6) is 5.75 Å². The highest BCUT2D eigenvalue weighted by atomic mass is 35.5. The molecule has 0 saturated heterocycles. The van der Waals surface area contributed by atoms with Crippen molar-refractivity contribution in [3.63, 3.8) is 0 Å². The van der Waals surface area contributed by atoms with Gasteiger partial charge in [0.25, 0.3) is 0 Å². The summed E-state index contributed by atoms with van der Waals surface area (Å²) >= 11 is 6.26. The van der Waals surface area contributed by atoms with Gasteiger partial charge in [-0.25, -0.2) is 9.59 Å². The second-order valence-corrected chi connectivity index (χ2v) is 7.86. The zero-order valence-corrected chi connectivity index (χ0v) is 18.4. The second kappa shape index (κ2) is 9.93. The number of hydrogen-bond donors (Lipinski definition) is 1. The van der Waals surface area contributed by atoms with Crippen LogP contribution in [0.15, 0.2) is 53.1 Å². The summed E-state index contributed by atoms with van der Waals surface area (Å²) in [6.45, 7) is 1.49. The number of aromatic nitrogens is 1. The maximum atomic E-state index is 12.5. The molecule has 2 heterocycles. The summed E-state index contributed by atoms with van der Waals surface area (Å²) in [6.07, 6.45) is -0.281. The number of halogens is 1. The molecule has 2 aromatic carbocycles. The summed E-state index contributed by atoms with van der Waals surface area (Å²) in [5, 5.41) is 14.7. The summed E-state index contributed by atoms with van der Waals surface area (Å²) in [7, 11) is 0. The zero-order valence-electron chi connectivity index (χ0n) is 17.7. The molecule has 1 aromatic heterocycles. The Labute approximate surface area is 194 Å². The Hall–Kier alpha value is -3.56. The van der Waals surface area contributed by atoms with Gasteiger partial charge in [-0.05, 0) is 42.7 Å². The highest BCUT2D eigenvalue weighted by Gasteiger charge is 2.34. The van der Waals surface area contributed by atoms with Crippen LogP contribution in [-0.4, -0.2) is 40.6 Å². The fraction of sp³-hybridized carbons (Fsp3) is 0.261. The molecule has 0 saturated carbocycles. The van der Waals surface area contributed by atoms with Crippen molar-refractivity contribution >= 4 is 23.7 Å². The minimum Gasteiger partial charge on any atom is -0.482 e. The van der Waals surface area contributed by atoms with Gasteiger partial charge < -0.3 is 23.9 Å². The van der Waals surface area contributed by atoms with Gasteiger partial charge in [0.15, 0.2) is 19.0 Å². The van der Waals surface area contributed by atoms with Crippen LogP contribution < -0.4 is 4.74 Å². The lowest BCUT2D eigenvalue weighted by Gasteiger charge is -2.36. The molecule has 0 unspecified atom stereocenters. The Morgan fingerprint density at radius 1 is 1.21 bits per heavy atom. The predicted octanol–water partition coefficient (Wildman–Crippen LogP) is 4.32. The molecule has 10 heteroatoms. The first-order chi connectivity index (χ1) is 15.9. The number of hydrogen-bond acceptors (Lipinski definition) is 8. The summed E-state index contributed by atoms with van der Waals surface area (Å²) in [5.41, 5.74) is 3.18. The van der Waals surface area contributed by atoms with Crippen LogP contribution in [0.2, 0.25) is 5.02 Å². The van der Waals surface area contributed by atoms with Gasteiger partial charge in [-0.15, -0.1) is 5.06 Å². The fourth-order valence-corrected chi connectivity index (χ4v) is 3.89. The number of ether oxygens (including phenoxy) is 2. The Morgan fingerprint density at radius 3 is 2.79 bits per heavy atom. The number of carbonyl (C=O) groups excluding carboxylic acids is 1. The largest absolute Gasteiger partial charge is 0.528 e. The van der Waals surface area contributed by atoms with Crippen molar-refractivity contribution < 1.29 is 33.5 Å². The van der Waals surface area contributed by atoms with E-state index in [0.717, 1.165) is 11.1 Å². The number of aliphatic carboxylic acids is 1. The van der Waals surface area contributed by atoms with Crippen molar-refractivity contribution in [2.75, 3.05) is 13.2 Å². The molecular formula is C23H21ClN2O7. The number of nitrogens with zero attached hydrogens (tertiary/aromatic N) is 2. The van der Waals surface area contributed by atoms with Gasteiger partial charge in [0.05, 0.1) is 11.7 Å². The molecule has 0 fully saturated rings. The molecule has 33 heavy (non-hydrogen) atoms. The Morgan fingerprint density at radius 2 is 2.03 bits per heavy atom. The second-order valence-electron chi connectivity index (χ2n) is 7.42. The van der Waals surface area contributed by atoms with Crippen LogP contribution in [0.3, 0.4) is 0 Å². The zero-order chi connectivity index (χ0) is 23.4. The quantitative estimate of drug-likeness (QED) is 0.502. The van der Waals surface area contributed by atoms with Crippen LogP contribution in [-0.2, 0) is 27.4 Å². The SMILES string of the molecule is Cc1cc(COC(=O)ON2CCc3ccccc3[C@H]2c2cc(Cl)ccc2OCC(=O)O)on1. The van der Waals surface area contributed by atoms with E-state index in [2.05, 4.69) is 5.16 Å². The van der Waals surface area contributed by atoms with Gasteiger partial charge in [0.2, 0.25) is 0 Å². The van der Waals surface area contributed by atoms with Crippen molar-refractivity contribution in [3.05, 3.63) is 81.7 Å². The fourth-order valence-electron chi connectivity index (χ4n) is 3.70. The molecule has 9 nitrogen and oxygen atoms in total. The molecular weight excluding hydrogens is 452 g/mol. The first kappa shape index (κ1) is 22.6. The Balaban J connectivity index is 1.61. The predicted molar refractivity (Wildman–Crippen MR) is 116 cm³/mol. The topological polar surface area (TPSA) is 111 Å². The van der Waals surface area contributed by atoms with E-state index >= 15 is 0 Å². The van der Waals surface area contributed by atoms with Crippen molar-refractivity contribution in [1.29, 1.82) is 0 Å². The summed E-state index contributed by atoms with van der Waals surface area (Å²) in [5.74, 6) is -0.397. The highest BCUT2D eigenvalue weighted by Crippen LogP contribution is 2.40. The average molecular weight is 473 g/mol. The van der Waals surface area contributed by atoms with E-state index < -0.39 is 24.8 Å². The molecule has 0 aliphatic carbocycles. The van der Waals surface area contributed by atoms with E-state index in [0.29, 0.717) is 40.8 Å². The molecule has 0 radical (unpaired) electrons. The highest BCUT2D eigenvalue weighted by molar-refractivity contribution is 6.30. The third-order valence-corrected chi connectivity index (χ3v) is 5.29. The molecule has 4 rings (SSSR count). The van der Waals surface area contributed by atoms with E-state index in [1.54, 1.807) is 31.2 Å². The maximum absolute atomic E-state index is 12.5. The number of aryl methyl sites for hydroxylation is 1. The summed E-state index contributed by atoms with van der Waals surface area (Å²) in [6, 6.07) is 13.7. The number of carboxylic acid groups (broad SMARTS) is 1. The molecule has 1 aliphatic heterocycles. The smallest absolute Gasteiger partial charge is 0.482 e. The van der Waals surface area contributed by atoms with Gasteiger partial charge in [0.1, 0.15) is 5.75 Å². The van der Waals surface area contributed by atoms with Gasteiger partial charge in [-0.1, -0.05) is 41.0 Å². The molecule has 172 valence electrons. The number of carboxylic acids is 1. The number of benzene rings is 2. The molecule has 0 spiro atoms. The van der Waals surface area contributed by atoms with Gasteiger partial charge in [0, 0.05) is 23.2 Å². The molecule has 1 N–H and O–H groups in total. The molecule has 1 atom stereocenters. The number of rotatable bonds is 7. The number of carbonyl (C=O) groups is 2. The lowest BCUT2D eigenvalue weighted by molar-refractivity contribution is -0.153. The van der Waals surface area contributed by atoms with E-state index in [-0.39, 0.29) is 6.61 Å². The third kappa shape index (κ3) is 5.44. The summed E-state index contributed by atoms with van der Waals surface area (Å²) < 4.78 is 15.7. The Kier molecular flexibility index (Phi) is 6.81. The summed E-state index contributed by atoms with van der Waals surface area (Å²) in [4.78, 5) is 29.1. The number of fused-ring (bicyclic) bond motifs is 1. The van der Waals surface area contributed by atoms with Crippen LogP contribution in [0.4, 0.5) is 4.79 Å². The van der Waals surface area contributed by atoms with Crippen molar-refractivity contribution in [2.24, 2.45) is 0 Å². The lowest BCUT2D eigenvalue weighted by atomic mass is 9.89. The first-order valence-corrected chi connectivity index (χ1v) is 10.5. The molecule has 3 aromatic rings. The standard InChI is InChI=1S/C23H21ClN2O7/c1-14-10-17(32-25-14)12-31-23(29)33-26-9-8-15-4-2-3-5-18(15)22(26)19-11-16(24)6-7-20(19)30-13-21(27)28/h2-7,10-11,22H,8-9,12-13H2,1H3,(H,27,28)/t22-/m0/s1. The van der Waals surface area contributed by atoms with E-state index in [9.17, 15) is 9.59 Å². The van der Waals surface area contributed by atoms with E-state index in [1.165, 1.54) is 5.06 Å². The first-order valence-electron chi connectivity index (χ1n) is 10.2. The van der Waals surface area contributed by atoms with Crippen molar-refractivity contribution in [2.45, 2.75) is 26.0 Å². The van der Waals surface area contributed by atoms with Gasteiger partial charge in [-0.3, -0.25) is 0 Å². The van der Waals surface area contributed by atoms with Crippen LogP contribution in [0.1, 0.15) is 34.2 Å². The van der Waals surface area contributed by atoms with Crippen LogP contribution in [0, 0.1) is 6.92 Å². The lowest BCUT2D eigenvalue weighted by Crippen LogP contribution is -2.38.